The molecule has 1 nitrogen and oxygen atoms in total. The van der Waals surface area contributed by atoms with Gasteiger partial charge in [0.25, 0.3) is 0 Å². The fourth-order valence-corrected chi connectivity index (χ4v) is 13.0. The van der Waals surface area contributed by atoms with E-state index in [0.29, 0.717) is 0 Å². The van der Waals surface area contributed by atoms with Crippen LogP contribution in [0.15, 0.2) is 170 Å². The van der Waals surface area contributed by atoms with Crippen LogP contribution in [0.2, 0.25) is 0 Å². The van der Waals surface area contributed by atoms with Crippen molar-refractivity contribution >= 4 is 44.9 Å². The van der Waals surface area contributed by atoms with E-state index in [1.165, 1.54) is 144 Å². The lowest BCUT2D eigenvalue weighted by Crippen LogP contribution is -2.61. The third kappa shape index (κ3) is 5.20. The maximum Gasteiger partial charge on any atom is 0.247 e. The number of aryl methyl sites for hydroxylation is 6. The van der Waals surface area contributed by atoms with Gasteiger partial charge in [-0.05, 0) is 160 Å². The van der Waals surface area contributed by atoms with Crippen LogP contribution < -0.4 is 16.4 Å². The van der Waals surface area contributed by atoms with Crippen LogP contribution in [0, 0.1) is 41.5 Å². The first kappa shape index (κ1) is 37.4. The number of nitrogens with zero attached hydrogens (tertiary/aromatic N) is 1. The summed E-state index contributed by atoms with van der Waals surface area (Å²) >= 11 is 0. The molecule has 0 bridgehead atoms. The summed E-state index contributed by atoms with van der Waals surface area (Å²) in [4.78, 5) is 0. The average Bonchev–Trinajstić information content (AvgIpc) is 3.79. The minimum atomic E-state index is 0.0773. The Balaban J connectivity index is 1.08. The summed E-state index contributed by atoms with van der Waals surface area (Å²) in [6.45, 7) is 13.6. The standard InChI is InChI=1S/C62H48BN/c1-35-28-37(3)57(38(4)29-35)42-22-24-43(25-23-42)60-48-27-26-44(58-39(5)30-36(2)31-40(58)6)32-54(48)63-53-20-12-18-47-51-33-50-45-16-10-11-17-46(45)59(41-14-8-7-9-15-41)52(50)34-56(51)64(62(47)53)55-21-13-19-49(60)61(55)63/h7-34,59-60H,1-6H3. The summed E-state index contributed by atoms with van der Waals surface area (Å²) in [5.74, 6) is 0.260. The zero-order valence-corrected chi connectivity index (χ0v) is 37.3. The number of rotatable bonds is 4. The lowest BCUT2D eigenvalue weighted by Gasteiger charge is -2.38. The van der Waals surface area contributed by atoms with Gasteiger partial charge >= 0.3 is 0 Å². The number of hydrogen-bond donors (Lipinski definition) is 0. The Hall–Kier alpha value is -7.16. The summed E-state index contributed by atoms with van der Waals surface area (Å²) in [5.41, 5.74) is 32.4. The van der Waals surface area contributed by atoms with Gasteiger partial charge < -0.3 is 4.57 Å². The highest BCUT2D eigenvalue weighted by Crippen LogP contribution is 2.51. The van der Waals surface area contributed by atoms with E-state index in [-0.39, 0.29) is 18.5 Å². The topological polar surface area (TPSA) is 4.93 Å². The Kier molecular flexibility index (Phi) is 7.99. The molecule has 304 valence electrons. The van der Waals surface area contributed by atoms with Crippen LogP contribution in [0.3, 0.4) is 0 Å². The van der Waals surface area contributed by atoms with Gasteiger partial charge in [0.05, 0.1) is 5.52 Å². The van der Waals surface area contributed by atoms with Gasteiger partial charge in [0.15, 0.2) is 0 Å². The van der Waals surface area contributed by atoms with E-state index >= 15 is 0 Å². The smallest absolute Gasteiger partial charge is 0.247 e. The van der Waals surface area contributed by atoms with Crippen molar-refractivity contribution in [2.24, 2.45) is 0 Å². The van der Waals surface area contributed by atoms with E-state index in [1.54, 1.807) is 0 Å². The first-order valence-electron chi connectivity index (χ1n) is 23.0. The van der Waals surface area contributed by atoms with Gasteiger partial charge in [0.2, 0.25) is 6.71 Å². The zero-order valence-electron chi connectivity index (χ0n) is 37.3. The SMILES string of the molecule is Cc1cc(C)c(-c2ccc(C3c4ccc(-c5c(C)cc(C)cc5C)cc4B4c5c3cccc5-n3c5cc6c(cc5c5cccc4c53)-c3ccccc3C6c3ccccc3)cc2)c(C)c1. The number of hydrogen-bond acceptors (Lipinski definition) is 0. The Morgan fingerprint density at radius 1 is 0.406 bits per heavy atom. The molecule has 0 amide bonds. The predicted molar refractivity (Wildman–Crippen MR) is 271 cm³/mol. The highest BCUT2D eigenvalue weighted by molar-refractivity contribution is 6.99. The first-order valence-corrected chi connectivity index (χ1v) is 23.0. The number of fused-ring (bicyclic) bond motifs is 10. The molecule has 0 saturated carbocycles. The molecule has 13 rings (SSSR count). The van der Waals surface area contributed by atoms with Gasteiger partial charge in [0, 0.05) is 33.8 Å². The lowest BCUT2D eigenvalue weighted by molar-refractivity contribution is 0.980. The monoisotopic (exact) mass is 817 g/mol. The minimum absolute atomic E-state index is 0.0773. The van der Waals surface area contributed by atoms with Crippen LogP contribution >= 0.6 is 0 Å². The summed E-state index contributed by atoms with van der Waals surface area (Å²) in [7, 11) is 0. The quantitative estimate of drug-likeness (QED) is 0.156. The first-order chi connectivity index (χ1) is 31.2. The summed E-state index contributed by atoms with van der Waals surface area (Å²) in [6, 6.07) is 65.9. The van der Waals surface area contributed by atoms with E-state index in [0.717, 1.165) is 0 Å². The van der Waals surface area contributed by atoms with Crippen LogP contribution in [-0.2, 0) is 0 Å². The van der Waals surface area contributed by atoms with E-state index in [2.05, 4.69) is 216 Å². The molecule has 2 heteroatoms. The molecular formula is C62H48BN. The Bertz CT molecular complexity index is 3580. The molecule has 0 fully saturated rings. The fraction of sp³-hybridized carbons (Fsp3) is 0.129. The van der Waals surface area contributed by atoms with Gasteiger partial charge in [-0.25, -0.2) is 0 Å². The van der Waals surface area contributed by atoms with Crippen molar-refractivity contribution in [1.29, 1.82) is 0 Å². The molecule has 0 saturated heterocycles. The zero-order chi connectivity index (χ0) is 43.1. The molecule has 0 spiro atoms. The van der Waals surface area contributed by atoms with Crippen molar-refractivity contribution in [2.75, 3.05) is 0 Å². The van der Waals surface area contributed by atoms with Crippen molar-refractivity contribution in [1.82, 2.24) is 4.57 Å². The molecule has 1 aliphatic carbocycles. The number of benzene rings is 9. The van der Waals surface area contributed by atoms with E-state index in [4.69, 9.17) is 0 Å². The molecule has 1 aromatic heterocycles. The van der Waals surface area contributed by atoms with Crippen LogP contribution in [0.5, 0.6) is 0 Å². The molecule has 3 heterocycles. The Morgan fingerprint density at radius 3 is 1.75 bits per heavy atom. The normalized spacial score (nSPS) is 15.3. The van der Waals surface area contributed by atoms with E-state index in [1.807, 2.05) is 0 Å². The van der Waals surface area contributed by atoms with Crippen molar-refractivity contribution in [2.45, 2.75) is 53.4 Å². The third-order valence-corrected chi connectivity index (χ3v) is 15.1. The van der Waals surface area contributed by atoms with Crippen molar-refractivity contribution in [3.8, 4) is 39.1 Å². The predicted octanol–water partition coefficient (Wildman–Crippen LogP) is 13.5. The number of para-hydroxylation sites is 1. The maximum atomic E-state index is 2.65. The maximum absolute atomic E-state index is 2.65. The second-order valence-corrected chi connectivity index (χ2v) is 19.1. The molecule has 3 aliphatic rings. The Morgan fingerprint density at radius 2 is 1.02 bits per heavy atom. The second-order valence-electron chi connectivity index (χ2n) is 19.1. The highest BCUT2D eigenvalue weighted by Gasteiger charge is 2.43. The van der Waals surface area contributed by atoms with Crippen molar-refractivity contribution < 1.29 is 0 Å². The van der Waals surface area contributed by atoms with Gasteiger partial charge in [-0.1, -0.05) is 168 Å². The third-order valence-electron chi connectivity index (χ3n) is 15.1. The van der Waals surface area contributed by atoms with Gasteiger partial charge in [0.1, 0.15) is 0 Å². The average molecular weight is 818 g/mol. The van der Waals surface area contributed by atoms with Crippen LogP contribution in [0.1, 0.15) is 78.6 Å². The molecule has 2 unspecified atom stereocenters. The molecule has 10 aromatic rings. The molecule has 64 heavy (non-hydrogen) atoms. The number of aromatic nitrogens is 1. The summed E-state index contributed by atoms with van der Waals surface area (Å²) in [5, 5.41) is 2.65. The van der Waals surface area contributed by atoms with Crippen molar-refractivity contribution in [3.05, 3.63) is 237 Å². The van der Waals surface area contributed by atoms with E-state index < -0.39 is 0 Å². The lowest BCUT2D eigenvalue weighted by atomic mass is 9.31. The largest absolute Gasteiger partial charge is 0.310 e. The van der Waals surface area contributed by atoms with Crippen LogP contribution in [-0.4, -0.2) is 11.3 Å². The van der Waals surface area contributed by atoms with Crippen LogP contribution in [0.25, 0.3) is 60.9 Å². The van der Waals surface area contributed by atoms with Gasteiger partial charge in [-0.2, -0.15) is 0 Å². The molecule has 2 atom stereocenters. The molecule has 0 N–H and O–H groups in total. The summed E-state index contributed by atoms with van der Waals surface area (Å²) in [6.07, 6.45) is 0. The minimum Gasteiger partial charge on any atom is -0.310 e. The molecule has 2 aliphatic heterocycles. The molecule has 9 aromatic carbocycles. The Labute approximate surface area is 376 Å². The van der Waals surface area contributed by atoms with Gasteiger partial charge in [-0.15, -0.1) is 0 Å². The fourth-order valence-electron chi connectivity index (χ4n) is 13.0. The van der Waals surface area contributed by atoms with Crippen molar-refractivity contribution in [3.63, 3.8) is 0 Å². The molecule has 0 radical (unpaired) electrons. The molecular weight excluding hydrogens is 770 g/mol. The van der Waals surface area contributed by atoms with Crippen LogP contribution in [0.4, 0.5) is 0 Å². The summed E-state index contributed by atoms with van der Waals surface area (Å²) < 4.78 is 2.65. The second kappa shape index (κ2) is 13.7. The van der Waals surface area contributed by atoms with Gasteiger partial charge in [-0.3, -0.25) is 0 Å². The van der Waals surface area contributed by atoms with E-state index in [9.17, 15) is 0 Å². The highest BCUT2D eigenvalue weighted by atomic mass is 15.0.